The zero-order chi connectivity index (χ0) is 13.2. The Labute approximate surface area is 121 Å². The average molecular weight is 278 g/mol. The van der Waals surface area contributed by atoms with Crippen LogP contribution in [0.2, 0.25) is 0 Å². The van der Waals surface area contributed by atoms with E-state index in [2.05, 4.69) is 40.5 Å². The fourth-order valence-corrected chi connectivity index (χ4v) is 4.54. The molecular formula is C16H26N2S. The van der Waals surface area contributed by atoms with Gasteiger partial charge in [-0.05, 0) is 62.0 Å². The van der Waals surface area contributed by atoms with E-state index < -0.39 is 0 Å². The third kappa shape index (κ3) is 3.04. The van der Waals surface area contributed by atoms with Gasteiger partial charge in [0.05, 0.1) is 0 Å². The molecule has 3 rings (SSSR count). The van der Waals surface area contributed by atoms with Crippen molar-refractivity contribution in [3.05, 3.63) is 22.4 Å². The van der Waals surface area contributed by atoms with E-state index in [1.165, 1.54) is 50.9 Å². The molecule has 1 aromatic heterocycles. The molecule has 0 aromatic carbocycles. The van der Waals surface area contributed by atoms with Gasteiger partial charge in [0, 0.05) is 31.2 Å². The van der Waals surface area contributed by atoms with Crippen LogP contribution in [-0.2, 0) is 6.42 Å². The van der Waals surface area contributed by atoms with Crippen LogP contribution in [0.4, 0.5) is 0 Å². The van der Waals surface area contributed by atoms with Gasteiger partial charge in [-0.3, -0.25) is 9.80 Å². The zero-order valence-corrected chi connectivity index (χ0v) is 13.0. The molecule has 0 radical (unpaired) electrons. The molecule has 2 fully saturated rings. The lowest BCUT2D eigenvalue weighted by Crippen LogP contribution is -2.60. The molecule has 2 saturated heterocycles. The van der Waals surface area contributed by atoms with Crippen molar-refractivity contribution in [3.8, 4) is 0 Å². The SMILES string of the molecule is CC(Cc1ccsc1)N1CC2CCCCN2CC1C. The van der Waals surface area contributed by atoms with Crippen molar-refractivity contribution in [1.29, 1.82) is 0 Å². The van der Waals surface area contributed by atoms with Gasteiger partial charge < -0.3 is 0 Å². The monoisotopic (exact) mass is 278 g/mol. The summed E-state index contributed by atoms with van der Waals surface area (Å²) in [5.41, 5.74) is 1.51. The van der Waals surface area contributed by atoms with Crippen molar-refractivity contribution in [2.75, 3.05) is 19.6 Å². The quantitative estimate of drug-likeness (QED) is 0.837. The molecule has 3 atom stereocenters. The van der Waals surface area contributed by atoms with Gasteiger partial charge in [-0.25, -0.2) is 0 Å². The lowest BCUT2D eigenvalue weighted by molar-refractivity contribution is -0.00384. The highest BCUT2D eigenvalue weighted by Crippen LogP contribution is 2.26. The Hall–Kier alpha value is -0.380. The molecule has 0 spiro atoms. The van der Waals surface area contributed by atoms with Crippen LogP contribution < -0.4 is 0 Å². The lowest BCUT2D eigenvalue weighted by Gasteiger charge is -2.49. The molecule has 3 heterocycles. The topological polar surface area (TPSA) is 6.48 Å². The van der Waals surface area contributed by atoms with E-state index in [0.717, 1.165) is 6.04 Å². The second-order valence-corrected chi connectivity index (χ2v) is 7.16. The standard InChI is InChI=1S/C16H26N2S/c1-13(9-15-6-8-19-12-15)18-11-16-5-3-4-7-17(16)10-14(18)2/h6,8,12-14,16H,3-5,7,9-11H2,1-2H3. The Kier molecular flexibility index (Phi) is 4.25. The highest BCUT2D eigenvalue weighted by molar-refractivity contribution is 7.07. The number of thiophene rings is 1. The van der Waals surface area contributed by atoms with Crippen molar-refractivity contribution in [2.45, 2.75) is 57.7 Å². The van der Waals surface area contributed by atoms with E-state index in [4.69, 9.17) is 0 Å². The molecule has 106 valence electrons. The summed E-state index contributed by atoms with van der Waals surface area (Å²) in [6, 6.07) is 4.49. The number of hydrogen-bond acceptors (Lipinski definition) is 3. The summed E-state index contributed by atoms with van der Waals surface area (Å²) in [4.78, 5) is 5.49. The fourth-order valence-electron chi connectivity index (χ4n) is 3.86. The third-order valence-electron chi connectivity index (χ3n) is 4.91. The van der Waals surface area contributed by atoms with Crippen LogP contribution in [0.25, 0.3) is 0 Å². The Balaban J connectivity index is 1.63. The Morgan fingerprint density at radius 1 is 1.37 bits per heavy atom. The Bertz CT molecular complexity index is 389. The van der Waals surface area contributed by atoms with E-state index in [1.54, 1.807) is 0 Å². The average Bonchev–Trinajstić information content (AvgIpc) is 2.90. The zero-order valence-electron chi connectivity index (χ0n) is 12.2. The van der Waals surface area contributed by atoms with Crippen LogP contribution in [0, 0.1) is 0 Å². The van der Waals surface area contributed by atoms with E-state index >= 15 is 0 Å². The first-order valence-electron chi connectivity index (χ1n) is 7.75. The van der Waals surface area contributed by atoms with Crippen LogP contribution in [0.15, 0.2) is 16.8 Å². The van der Waals surface area contributed by atoms with Crippen molar-refractivity contribution < 1.29 is 0 Å². The van der Waals surface area contributed by atoms with Crippen molar-refractivity contribution in [1.82, 2.24) is 9.80 Å². The first-order chi connectivity index (χ1) is 9.24. The maximum Gasteiger partial charge on any atom is 0.0224 e. The van der Waals surface area contributed by atoms with Gasteiger partial charge in [-0.15, -0.1) is 0 Å². The second-order valence-electron chi connectivity index (χ2n) is 6.38. The van der Waals surface area contributed by atoms with Crippen LogP contribution >= 0.6 is 11.3 Å². The summed E-state index contributed by atoms with van der Waals surface area (Å²) in [5.74, 6) is 0. The van der Waals surface area contributed by atoms with E-state index in [-0.39, 0.29) is 0 Å². The molecule has 1 aromatic rings. The lowest BCUT2D eigenvalue weighted by atomic mass is 9.95. The second kappa shape index (κ2) is 5.94. The molecule has 0 bridgehead atoms. The highest BCUT2D eigenvalue weighted by Gasteiger charge is 2.34. The summed E-state index contributed by atoms with van der Waals surface area (Å²) in [7, 11) is 0. The number of nitrogens with zero attached hydrogens (tertiary/aromatic N) is 2. The molecule has 3 heteroatoms. The van der Waals surface area contributed by atoms with E-state index in [9.17, 15) is 0 Å². The maximum atomic E-state index is 2.75. The molecule has 2 aliphatic rings. The number of piperidine rings is 1. The van der Waals surface area contributed by atoms with Gasteiger partial charge >= 0.3 is 0 Å². The Morgan fingerprint density at radius 2 is 2.26 bits per heavy atom. The van der Waals surface area contributed by atoms with Crippen LogP contribution in [0.5, 0.6) is 0 Å². The van der Waals surface area contributed by atoms with Crippen molar-refractivity contribution in [2.24, 2.45) is 0 Å². The number of fused-ring (bicyclic) bond motifs is 1. The minimum atomic E-state index is 0.675. The van der Waals surface area contributed by atoms with Crippen LogP contribution in [0.3, 0.4) is 0 Å². The van der Waals surface area contributed by atoms with Gasteiger partial charge in [-0.1, -0.05) is 6.42 Å². The molecule has 0 N–H and O–H groups in total. The largest absolute Gasteiger partial charge is 0.298 e. The van der Waals surface area contributed by atoms with Gasteiger partial charge in [0.1, 0.15) is 0 Å². The predicted molar refractivity (Wildman–Crippen MR) is 82.9 cm³/mol. The third-order valence-corrected chi connectivity index (χ3v) is 5.64. The summed E-state index contributed by atoms with van der Waals surface area (Å²) < 4.78 is 0. The van der Waals surface area contributed by atoms with E-state index in [0.29, 0.717) is 12.1 Å². The molecule has 2 aliphatic heterocycles. The fraction of sp³-hybridized carbons (Fsp3) is 0.750. The molecule has 19 heavy (non-hydrogen) atoms. The number of rotatable bonds is 3. The highest BCUT2D eigenvalue weighted by atomic mass is 32.1. The molecule has 0 aliphatic carbocycles. The minimum Gasteiger partial charge on any atom is -0.298 e. The van der Waals surface area contributed by atoms with Gasteiger partial charge in [0.15, 0.2) is 0 Å². The molecule has 0 saturated carbocycles. The van der Waals surface area contributed by atoms with Gasteiger partial charge in [-0.2, -0.15) is 11.3 Å². The van der Waals surface area contributed by atoms with Gasteiger partial charge in [0.25, 0.3) is 0 Å². The van der Waals surface area contributed by atoms with Gasteiger partial charge in [0.2, 0.25) is 0 Å². The summed E-state index contributed by atoms with van der Waals surface area (Å²) in [5, 5.41) is 4.50. The summed E-state index contributed by atoms with van der Waals surface area (Å²) >= 11 is 1.82. The maximum absolute atomic E-state index is 2.75. The van der Waals surface area contributed by atoms with Crippen molar-refractivity contribution in [3.63, 3.8) is 0 Å². The van der Waals surface area contributed by atoms with Crippen LogP contribution in [0.1, 0.15) is 38.7 Å². The Morgan fingerprint density at radius 3 is 3.05 bits per heavy atom. The summed E-state index contributed by atoms with van der Waals surface area (Å²) in [6.07, 6.45) is 5.46. The molecule has 0 amide bonds. The predicted octanol–water partition coefficient (Wildman–Crippen LogP) is 3.24. The van der Waals surface area contributed by atoms with Crippen molar-refractivity contribution >= 4 is 11.3 Å². The first-order valence-corrected chi connectivity index (χ1v) is 8.69. The summed E-state index contributed by atoms with van der Waals surface area (Å²) in [6.45, 7) is 8.72. The molecular weight excluding hydrogens is 252 g/mol. The molecule has 2 nitrogen and oxygen atoms in total. The number of hydrogen-bond donors (Lipinski definition) is 0. The van der Waals surface area contributed by atoms with E-state index in [1.807, 2.05) is 11.3 Å². The molecule has 3 unspecified atom stereocenters. The van der Waals surface area contributed by atoms with Crippen LogP contribution in [-0.4, -0.2) is 47.6 Å². The normalized spacial score (nSPS) is 31.1. The minimum absolute atomic E-state index is 0.675. The smallest absolute Gasteiger partial charge is 0.0224 e. The first kappa shape index (κ1) is 13.6. The number of piperazine rings is 1.